The average molecular weight is 345 g/mol. The molecular formula is C19H20FNO4. The van der Waals surface area contributed by atoms with Gasteiger partial charge >= 0.3 is 5.97 Å². The van der Waals surface area contributed by atoms with Crippen LogP contribution in [0.5, 0.6) is 5.75 Å². The normalized spacial score (nSPS) is 11.6. The number of carboxylic acids is 1. The summed E-state index contributed by atoms with van der Waals surface area (Å²) in [4.78, 5) is 22.7. The van der Waals surface area contributed by atoms with Crippen LogP contribution in [-0.4, -0.2) is 23.6 Å². The molecule has 0 radical (unpaired) electrons. The lowest BCUT2D eigenvalue weighted by Crippen LogP contribution is -2.15. The van der Waals surface area contributed by atoms with Gasteiger partial charge in [0.25, 0.3) is 0 Å². The first-order valence-electron chi connectivity index (χ1n) is 7.85. The minimum absolute atomic E-state index is 0.117. The summed E-state index contributed by atoms with van der Waals surface area (Å²) in [5.74, 6) is -1.25. The van der Waals surface area contributed by atoms with Gasteiger partial charge in [-0.3, -0.25) is 4.79 Å². The molecule has 2 aromatic rings. The fourth-order valence-corrected chi connectivity index (χ4v) is 2.42. The fraction of sp³-hybridized carbons (Fsp3) is 0.263. The van der Waals surface area contributed by atoms with Crippen molar-refractivity contribution in [3.63, 3.8) is 0 Å². The molecule has 0 saturated carbocycles. The summed E-state index contributed by atoms with van der Waals surface area (Å²) in [6.45, 7) is 3.24. The zero-order chi connectivity index (χ0) is 18.4. The molecular weight excluding hydrogens is 325 g/mol. The number of amides is 1. The number of benzene rings is 2. The second kappa shape index (κ2) is 8.28. The molecule has 0 aliphatic carbocycles. The Hall–Kier alpha value is -2.89. The Labute approximate surface area is 145 Å². The quantitative estimate of drug-likeness (QED) is 0.802. The minimum Gasteiger partial charge on any atom is -0.482 e. The van der Waals surface area contributed by atoms with Crippen LogP contribution in [0.3, 0.4) is 0 Å². The maximum atomic E-state index is 13.3. The number of aliphatic carboxylic acids is 1. The first-order valence-corrected chi connectivity index (χ1v) is 7.85. The Bertz CT molecular complexity index is 776. The second-order valence-corrected chi connectivity index (χ2v) is 5.87. The number of anilines is 1. The molecule has 0 aliphatic rings. The van der Waals surface area contributed by atoms with Crippen molar-refractivity contribution in [3.05, 3.63) is 59.4 Å². The van der Waals surface area contributed by atoms with Gasteiger partial charge in [-0.1, -0.05) is 19.1 Å². The molecule has 2 N–H and O–H groups in total. The van der Waals surface area contributed by atoms with Crippen LogP contribution in [0, 0.1) is 12.7 Å². The molecule has 25 heavy (non-hydrogen) atoms. The maximum Gasteiger partial charge on any atom is 0.341 e. The second-order valence-electron chi connectivity index (χ2n) is 5.87. The maximum absolute atomic E-state index is 13.3. The number of carbonyl (C=O) groups is 2. The van der Waals surface area contributed by atoms with Crippen molar-refractivity contribution in [2.45, 2.75) is 26.2 Å². The Morgan fingerprint density at radius 2 is 2.00 bits per heavy atom. The summed E-state index contributed by atoms with van der Waals surface area (Å²) in [5, 5.41) is 11.4. The summed E-state index contributed by atoms with van der Waals surface area (Å²) >= 11 is 0. The van der Waals surface area contributed by atoms with E-state index >= 15 is 0 Å². The summed E-state index contributed by atoms with van der Waals surface area (Å²) in [7, 11) is 0. The highest BCUT2D eigenvalue weighted by Crippen LogP contribution is 2.24. The van der Waals surface area contributed by atoms with Crippen LogP contribution in [-0.2, 0) is 9.59 Å². The molecule has 0 saturated heterocycles. The van der Waals surface area contributed by atoms with Crippen LogP contribution in [0.25, 0.3) is 0 Å². The number of nitrogens with one attached hydrogen (secondary N) is 1. The average Bonchev–Trinajstić information content (AvgIpc) is 2.55. The van der Waals surface area contributed by atoms with Gasteiger partial charge in [0.15, 0.2) is 6.61 Å². The van der Waals surface area contributed by atoms with Gasteiger partial charge in [-0.2, -0.15) is 0 Å². The van der Waals surface area contributed by atoms with Gasteiger partial charge in [-0.05, 0) is 54.3 Å². The van der Waals surface area contributed by atoms with Crippen molar-refractivity contribution in [2.24, 2.45) is 0 Å². The molecule has 0 aromatic heterocycles. The van der Waals surface area contributed by atoms with E-state index in [0.29, 0.717) is 11.4 Å². The highest BCUT2D eigenvalue weighted by atomic mass is 19.1. The SMILES string of the molecule is Cc1cc(OCC(=O)O)ccc1NC(=O)CC(C)c1cccc(F)c1. The van der Waals surface area contributed by atoms with E-state index in [0.717, 1.165) is 11.1 Å². The number of rotatable bonds is 7. The summed E-state index contributed by atoms with van der Waals surface area (Å²) in [6, 6.07) is 11.1. The summed E-state index contributed by atoms with van der Waals surface area (Å²) in [5.41, 5.74) is 2.15. The molecule has 0 aliphatic heterocycles. The predicted molar refractivity (Wildman–Crippen MR) is 92.4 cm³/mol. The topological polar surface area (TPSA) is 75.6 Å². The van der Waals surface area contributed by atoms with E-state index in [4.69, 9.17) is 9.84 Å². The van der Waals surface area contributed by atoms with Crippen molar-refractivity contribution in [3.8, 4) is 5.75 Å². The molecule has 132 valence electrons. The van der Waals surface area contributed by atoms with Crippen LogP contribution in [0.1, 0.15) is 30.4 Å². The molecule has 0 spiro atoms. The van der Waals surface area contributed by atoms with Gasteiger partial charge < -0.3 is 15.2 Å². The molecule has 0 fully saturated rings. The fourth-order valence-electron chi connectivity index (χ4n) is 2.42. The number of hydrogen-bond acceptors (Lipinski definition) is 3. The summed E-state index contributed by atoms with van der Waals surface area (Å²) in [6.07, 6.45) is 0.222. The minimum atomic E-state index is -1.05. The smallest absolute Gasteiger partial charge is 0.341 e. The zero-order valence-corrected chi connectivity index (χ0v) is 14.1. The lowest BCUT2D eigenvalue weighted by molar-refractivity contribution is -0.139. The third-order valence-corrected chi connectivity index (χ3v) is 3.74. The van der Waals surface area contributed by atoms with E-state index in [-0.39, 0.29) is 24.1 Å². The molecule has 1 amide bonds. The Kier molecular flexibility index (Phi) is 6.11. The third kappa shape index (κ3) is 5.60. The molecule has 2 aromatic carbocycles. The van der Waals surface area contributed by atoms with E-state index < -0.39 is 12.6 Å². The van der Waals surface area contributed by atoms with Crippen molar-refractivity contribution < 1.29 is 23.8 Å². The Morgan fingerprint density at radius 3 is 2.64 bits per heavy atom. The van der Waals surface area contributed by atoms with Crippen molar-refractivity contribution in [1.29, 1.82) is 0 Å². The molecule has 6 heteroatoms. The van der Waals surface area contributed by atoms with Crippen LogP contribution in [0.15, 0.2) is 42.5 Å². The highest BCUT2D eigenvalue weighted by Gasteiger charge is 2.13. The molecule has 1 atom stereocenters. The lowest BCUT2D eigenvalue weighted by atomic mass is 9.97. The largest absolute Gasteiger partial charge is 0.482 e. The monoisotopic (exact) mass is 345 g/mol. The van der Waals surface area contributed by atoms with Crippen molar-refractivity contribution >= 4 is 17.6 Å². The number of carboxylic acid groups (broad SMARTS) is 1. The molecule has 2 rings (SSSR count). The van der Waals surface area contributed by atoms with Gasteiger partial charge in [-0.25, -0.2) is 9.18 Å². The van der Waals surface area contributed by atoms with E-state index in [2.05, 4.69) is 5.32 Å². The molecule has 0 heterocycles. The first kappa shape index (κ1) is 18.4. The third-order valence-electron chi connectivity index (χ3n) is 3.74. The number of hydrogen-bond donors (Lipinski definition) is 2. The number of halogens is 1. The lowest BCUT2D eigenvalue weighted by Gasteiger charge is -2.14. The van der Waals surface area contributed by atoms with E-state index in [1.807, 2.05) is 6.92 Å². The van der Waals surface area contributed by atoms with Crippen LogP contribution < -0.4 is 10.1 Å². The van der Waals surface area contributed by atoms with E-state index in [9.17, 15) is 14.0 Å². The standard InChI is InChI=1S/C19H20FNO4/c1-12(14-4-3-5-15(20)10-14)9-18(22)21-17-7-6-16(8-13(17)2)25-11-19(23)24/h3-8,10,12H,9,11H2,1-2H3,(H,21,22)(H,23,24). The highest BCUT2D eigenvalue weighted by molar-refractivity contribution is 5.92. The molecule has 1 unspecified atom stereocenters. The number of ether oxygens (including phenoxy) is 1. The van der Waals surface area contributed by atoms with Gasteiger partial charge in [0.05, 0.1) is 0 Å². The Morgan fingerprint density at radius 1 is 1.24 bits per heavy atom. The van der Waals surface area contributed by atoms with Crippen LogP contribution >= 0.6 is 0 Å². The van der Waals surface area contributed by atoms with Gasteiger partial charge in [-0.15, -0.1) is 0 Å². The van der Waals surface area contributed by atoms with Gasteiger partial charge in [0.1, 0.15) is 11.6 Å². The van der Waals surface area contributed by atoms with Crippen molar-refractivity contribution in [2.75, 3.05) is 11.9 Å². The van der Waals surface area contributed by atoms with Crippen LogP contribution in [0.4, 0.5) is 10.1 Å². The van der Waals surface area contributed by atoms with E-state index in [1.54, 1.807) is 37.3 Å². The van der Waals surface area contributed by atoms with Crippen molar-refractivity contribution in [1.82, 2.24) is 0 Å². The van der Waals surface area contributed by atoms with Gasteiger partial charge in [0, 0.05) is 12.1 Å². The van der Waals surface area contributed by atoms with E-state index in [1.165, 1.54) is 12.1 Å². The van der Waals surface area contributed by atoms with Crippen LogP contribution in [0.2, 0.25) is 0 Å². The molecule has 0 bridgehead atoms. The predicted octanol–water partition coefficient (Wildman–Crippen LogP) is 3.73. The Balaban J connectivity index is 1.97. The van der Waals surface area contributed by atoms with Gasteiger partial charge in [0.2, 0.25) is 5.91 Å². The number of aryl methyl sites for hydroxylation is 1. The number of carbonyl (C=O) groups excluding carboxylic acids is 1. The molecule has 5 nitrogen and oxygen atoms in total. The first-order chi connectivity index (χ1) is 11.8. The summed E-state index contributed by atoms with van der Waals surface area (Å²) < 4.78 is 18.4. The zero-order valence-electron chi connectivity index (χ0n) is 14.1.